The Labute approximate surface area is 211 Å². The molecule has 2 aromatic rings. The lowest BCUT2D eigenvalue weighted by Crippen LogP contribution is -2.46. The molecule has 1 heterocycles. The van der Waals surface area contributed by atoms with Gasteiger partial charge in [0.1, 0.15) is 25.0 Å². The molecule has 1 N–H and O–H groups in total. The molecular formula is C28H32N2O6. The predicted molar refractivity (Wildman–Crippen MR) is 136 cm³/mol. The summed E-state index contributed by atoms with van der Waals surface area (Å²) in [5.74, 6) is -1.04. The van der Waals surface area contributed by atoms with Crippen LogP contribution >= 0.6 is 0 Å². The molecular weight excluding hydrogens is 460 g/mol. The van der Waals surface area contributed by atoms with Gasteiger partial charge in [0, 0.05) is 19.5 Å². The van der Waals surface area contributed by atoms with Gasteiger partial charge in [0.25, 0.3) is 0 Å². The number of amides is 2. The third-order valence-corrected chi connectivity index (χ3v) is 5.72. The van der Waals surface area contributed by atoms with Gasteiger partial charge >= 0.3 is 18.0 Å². The fourth-order valence-electron chi connectivity index (χ4n) is 3.72. The molecule has 36 heavy (non-hydrogen) atoms. The molecule has 0 saturated carbocycles. The van der Waals surface area contributed by atoms with E-state index in [-0.39, 0.29) is 32.1 Å². The van der Waals surface area contributed by atoms with Gasteiger partial charge in [-0.25, -0.2) is 14.4 Å². The lowest BCUT2D eigenvalue weighted by atomic mass is 10.1. The van der Waals surface area contributed by atoms with E-state index in [1.165, 1.54) is 4.90 Å². The Bertz CT molecular complexity index is 1080. The number of rotatable bonds is 10. The van der Waals surface area contributed by atoms with E-state index in [1.807, 2.05) is 38.1 Å². The lowest BCUT2D eigenvalue weighted by molar-refractivity contribution is -0.0697. The smallest absolute Gasteiger partial charge is 0.338 e. The molecule has 2 amide bonds. The van der Waals surface area contributed by atoms with E-state index >= 15 is 0 Å². The van der Waals surface area contributed by atoms with Crippen molar-refractivity contribution in [3.8, 4) is 0 Å². The second-order valence-corrected chi connectivity index (χ2v) is 8.55. The maximum Gasteiger partial charge on any atom is 0.338 e. The predicted octanol–water partition coefficient (Wildman–Crippen LogP) is 4.18. The summed E-state index contributed by atoms with van der Waals surface area (Å²) in [4.78, 5) is 39.5. The summed E-state index contributed by atoms with van der Waals surface area (Å²) in [7, 11) is 0. The summed E-state index contributed by atoms with van der Waals surface area (Å²) < 4.78 is 17.3. The van der Waals surface area contributed by atoms with Gasteiger partial charge in [-0.1, -0.05) is 47.5 Å². The number of aryl methyl sites for hydroxylation is 2. The number of nitrogens with zero attached hydrogens (tertiary/aromatic N) is 1. The quantitative estimate of drug-likeness (QED) is 0.395. The first-order chi connectivity index (χ1) is 17.3. The van der Waals surface area contributed by atoms with Crippen LogP contribution in [0, 0.1) is 13.8 Å². The molecule has 3 atom stereocenters. The zero-order valence-electron chi connectivity index (χ0n) is 20.6. The highest BCUT2D eigenvalue weighted by Crippen LogP contribution is 2.28. The molecule has 0 aromatic heterocycles. The van der Waals surface area contributed by atoms with Crippen molar-refractivity contribution in [1.29, 1.82) is 0 Å². The number of ether oxygens (including phenoxy) is 3. The first-order valence-corrected chi connectivity index (χ1v) is 11.8. The Balaban J connectivity index is 1.75. The van der Waals surface area contributed by atoms with Crippen LogP contribution in [0.1, 0.15) is 38.3 Å². The molecule has 2 aromatic carbocycles. The fourth-order valence-corrected chi connectivity index (χ4v) is 3.72. The van der Waals surface area contributed by atoms with Crippen molar-refractivity contribution in [3.05, 3.63) is 96.1 Å². The number of urea groups is 1. The molecule has 0 unspecified atom stereocenters. The molecule has 1 fully saturated rings. The average molecular weight is 493 g/mol. The van der Waals surface area contributed by atoms with E-state index < -0.39 is 30.4 Å². The highest BCUT2D eigenvalue weighted by atomic mass is 16.6. The topological polar surface area (TPSA) is 94.2 Å². The Kier molecular flexibility index (Phi) is 9.41. The number of benzene rings is 2. The van der Waals surface area contributed by atoms with E-state index in [4.69, 9.17) is 14.2 Å². The summed E-state index contributed by atoms with van der Waals surface area (Å²) in [5, 5.41) is 2.72. The Hall–Kier alpha value is -3.91. The van der Waals surface area contributed by atoms with Gasteiger partial charge in [0.05, 0.1) is 11.1 Å². The molecule has 0 aliphatic carbocycles. The molecule has 0 spiro atoms. The van der Waals surface area contributed by atoms with Gasteiger partial charge < -0.3 is 19.5 Å². The van der Waals surface area contributed by atoms with Crippen LogP contribution in [0.5, 0.6) is 0 Å². The van der Waals surface area contributed by atoms with Crippen LogP contribution in [0.15, 0.2) is 73.8 Å². The fraction of sp³-hybridized carbons (Fsp3) is 0.321. The minimum Gasteiger partial charge on any atom is -0.459 e. The van der Waals surface area contributed by atoms with Crippen molar-refractivity contribution in [2.75, 3.05) is 19.7 Å². The van der Waals surface area contributed by atoms with Gasteiger partial charge in [-0.15, -0.1) is 13.2 Å². The van der Waals surface area contributed by atoms with Crippen LogP contribution < -0.4 is 5.32 Å². The highest BCUT2D eigenvalue weighted by Gasteiger charge is 2.42. The number of carbonyl (C=O) groups is 3. The monoisotopic (exact) mass is 492 g/mol. The number of nitrogens with one attached hydrogen (secondary N) is 1. The second-order valence-electron chi connectivity index (χ2n) is 8.55. The first kappa shape index (κ1) is 26.7. The highest BCUT2D eigenvalue weighted by molar-refractivity contribution is 5.90. The minimum absolute atomic E-state index is 0.148. The van der Waals surface area contributed by atoms with Gasteiger partial charge in [0.2, 0.25) is 0 Å². The van der Waals surface area contributed by atoms with Gasteiger partial charge in [-0.3, -0.25) is 4.90 Å². The zero-order valence-corrected chi connectivity index (χ0v) is 20.6. The molecule has 3 rings (SSSR count). The van der Waals surface area contributed by atoms with Gasteiger partial charge in [0.15, 0.2) is 0 Å². The summed E-state index contributed by atoms with van der Waals surface area (Å²) in [6, 6.07) is 13.6. The third kappa shape index (κ3) is 7.05. The van der Waals surface area contributed by atoms with Crippen molar-refractivity contribution in [1.82, 2.24) is 10.2 Å². The maximum absolute atomic E-state index is 12.8. The molecule has 0 radical (unpaired) electrons. The van der Waals surface area contributed by atoms with Crippen LogP contribution in [0.2, 0.25) is 0 Å². The van der Waals surface area contributed by atoms with E-state index in [1.54, 1.807) is 36.4 Å². The van der Waals surface area contributed by atoms with Crippen molar-refractivity contribution in [2.45, 2.75) is 38.7 Å². The average Bonchev–Trinajstić information content (AvgIpc) is 3.27. The standard InChI is InChI=1S/C28H32N2O6/c1-5-15-29-28(33)30(16-6-2)25-17-23(36-27(32)22-13-9-20(4)10-14-22)24(35-25)18-34-26(31)21-11-7-19(3)8-12-21/h5-14,23-25H,1-2,15-18H2,3-4H3,(H,29,33)/t23-,24+,25-/m0/s1. The Morgan fingerprint density at radius 3 is 2.11 bits per heavy atom. The number of hydrogen-bond acceptors (Lipinski definition) is 6. The van der Waals surface area contributed by atoms with Gasteiger partial charge in [-0.05, 0) is 38.1 Å². The van der Waals surface area contributed by atoms with Crippen LogP contribution in [0.25, 0.3) is 0 Å². The summed E-state index contributed by atoms with van der Waals surface area (Å²) in [6.07, 6.45) is 1.13. The molecule has 8 heteroatoms. The number of hydrogen-bond donors (Lipinski definition) is 1. The largest absolute Gasteiger partial charge is 0.459 e. The maximum atomic E-state index is 12.8. The van der Waals surface area contributed by atoms with Crippen LogP contribution in [-0.2, 0) is 14.2 Å². The Morgan fingerprint density at radius 2 is 1.56 bits per heavy atom. The molecule has 1 saturated heterocycles. The van der Waals surface area contributed by atoms with Crippen molar-refractivity contribution in [3.63, 3.8) is 0 Å². The summed E-state index contributed by atoms with van der Waals surface area (Å²) in [6.45, 7) is 11.5. The molecule has 0 bridgehead atoms. The van der Waals surface area contributed by atoms with E-state index in [0.717, 1.165) is 11.1 Å². The van der Waals surface area contributed by atoms with E-state index in [2.05, 4.69) is 18.5 Å². The normalized spacial score (nSPS) is 18.7. The first-order valence-electron chi connectivity index (χ1n) is 11.8. The van der Waals surface area contributed by atoms with Crippen molar-refractivity contribution < 1.29 is 28.6 Å². The van der Waals surface area contributed by atoms with Crippen molar-refractivity contribution >= 4 is 18.0 Å². The molecule has 190 valence electrons. The van der Waals surface area contributed by atoms with E-state index in [0.29, 0.717) is 11.1 Å². The minimum atomic E-state index is -0.765. The number of carbonyl (C=O) groups excluding carboxylic acids is 3. The Morgan fingerprint density at radius 1 is 0.972 bits per heavy atom. The number of esters is 2. The summed E-state index contributed by atoms with van der Waals surface area (Å²) in [5.41, 5.74) is 2.84. The van der Waals surface area contributed by atoms with Crippen molar-refractivity contribution in [2.24, 2.45) is 0 Å². The molecule has 8 nitrogen and oxygen atoms in total. The third-order valence-electron chi connectivity index (χ3n) is 5.72. The second kappa shape index (κ2) is 12.7. The van der Waals surface area contributed by atoms with E-state index in [9.17, 15) is 14.4 Å². The lowest BCUT2D eigenvalue weighted by Gasteiger charge is -2.27. The van der Waals surface area contributed by atoms with Crippen LogP contribution in [-0.4, -0.2) is 61.0 Å². The van der Waals surface area contributed by atoms with Gasteiger partial charge in [-0.2, -0.15) is 0 Å². The zero-order chi connectivity index (χ0) is 26.1. The van der Waals surface area contributed by atoms with Crippen LogP contribution in [0.4, 0.5) is 4.79 Å². The SMILES string of the molecule is C=CCNC(=O)N(CC=C)[C@@H]1C[C@H](OC(=O)c2ccc(C)cc2)[C@@H](COC(=O)c2ccc(C)cc2)O1. The van der Waals surface area contributed by atoms with Crippen LogP contribution in [0.3, 0.4) is 0 Å². The molecule has 1 aliphatic rings. The molecule has 1 aliphatic heterocycles. The summed E-state index contributed by atoms with van der Waals surface area (Å²) >= 11 is 0.